The van der Waals surface area contributed by atoms with Gasteiger partial charge in [-0.25, -0.2) is 4.79 Å². The van der Waals surface area contributed by atoms with Crippen LogP contribution in [-0.4, -0.2) is 23.0 Å². The Morgan fingerprint density at radius 3 is 1.00 bits per heavy atom. The van der Waals surface area contributed by atoms with Gasteiger partial charge in [0.2, 0.25) is 0 Å². The second-order valence-corrected chi connectivity index (χ2v) is 1.59. The van der Waals surface area contributed by atoms with E-state index in [1.54, 1.807) is 0 Å². The molecule has 0 radical (unpaired) electrons. The minimum Gasteiger partial charge on any atom is -0.545 e. The summed E-state index contributed by atoms with van der Waals surface area (Å²) in [6.07, 6.45) is 2.28. The van der Waals surface area contributed by atoms with E-state index in [2.05, 4.69) is 19.7 Å². The SMILES string of the molecule is C=CC(=O)O.C=CC(=O)[O-].C=CC(=O)[O-].[Zn+2]. The van der Waals surface area contributed by atoms with Crippen molar-refractivity contribution in [2.45, 2.75) is 0 Å². The number of hydrogen-bond acceptors (Lipinski definition) is 5. The van der Waals surface area contributed by atoms with E-state index in [1.807, 2.05) is 0 Å². The molecular weight excluding hydrogens is 269 g/mol. The van der Waals surface area contributed by atoms with Crippen LogP contribution in [0.1, 0.15) is 0 Å². The maximum atomic E-state index is 9.25. The van der Waals surface area contributed by atoms with E-state index in [4.69, 9.17) is 24.9 Å². The molecule has 0 aliphatic carbocycles. The minimum absolute atomic E-state index is 0. The van der Waals surface area contributed by atoms with Gasteiger partial charge < -0.3 is 24.9 Å². The van der Waals surface area contributed by atoms with Gasteiger partial charge in [0.25, 0.3) is 0 Å². The molecule has 0 aliphatic rings. The zero-order valence-electron chi connectivity index (χ0n) is 8.55. The van der Waals surface area contributed by atoms with Gasteiger partial charge in [-0.3, -0.25) is 0 Å². The van der Waals surface area contributed by atoms with Crippen LogP contribution in [0.25, 0.3) is 0 Å². The quantitative estimate of drug-likeness (QED) is 0.476. The summed E-state index contributed by atoms with van der Waals surface area (Å²) in [7, 11) is 0. The maximum Gasteiger partial charge on any atom is 2.00 e. The molecule has 0 aromatic rings. The summed E-state index contributed by atoms with van der Waals surface area (Å²) in [5, 5.41) is 25.9. The van der Waals surface area contributed by atoms with Gasteiger partial charge in [0.1, 0.15) is 0 Å². The number of carboxylic acid groups (broad SMARTS) is 3. The molecule has 1 N–H and O–H groups in total. The Morgan fingerprint density at radius 2 is 1.00 bits per heavy atom. The van der Waals surface area contributed by atoms with Crippen LogP contribution in [0.2, 0.25) is 0 Å². The fourth-order valence-corrected chi connectivity index (χ4v) is 0. The van der Waals surface area contributed by atoms with Gasteiger partial charge in [-0.15, -0.1) is 0 Å². The number of hydrogen-bond donors (Lipinski definition) is 1. The third-order valence-corrected chi connectivity index (χ3v) is 0.508. The van der Waals surface area contributed by atoms with Crippen molar-refractivity contribution in [3.63, 3.8) is 0 Å². The molecule has 0 unspecified atom stereocenters. The minimum atomic E-state index is -1.23. The summed E-state index contributed by atoms with van der Waals surface area (Å²) in [5.74, 6) is -3.44. The number of carbonyl (C=O) groups is 3. The zero-order chi connectivity index (χ0) is 12.9. The Morgan fingerprint density at radius 1 is 0.875 bits per heavy atom. The first-order valence-corrected chi connectivity index (χ1v) is 3.33. The molecule has 0 saturated carbocycles. The van der Waals surface area contributed by atoms with Crippen molar-refractivity contribution < 1.29 is 49.2 Å². The van der Waals surface area contributed by atoms with Gasteiger partial charge in [-0.05, 0) is 12.2 Å². The van der Waals surface area contributed by atoms with Crippen LogP contribution in [0.4, 0.5) is 0 Å². The molecule has 0 rings (SSSR count). The van der Waals surface area contributed by atoms with E-state index in [1.165, 1.54) is 0 Å². The van der Waals surface area contributed by atoms with E-state index in [9.17, 15) is 4.79 Å². The first kappa shape index (κ1) is 23.8. The molecule has 6 nitrogen and oxygen atoms in total. The fourth-order valence-electron chi connectivity index (χ4n) is 0. The van der Waals surface area contributed by atoms with E-state index in [-0.39, 0.29) is 19.5 Å². The molecular formula is C9H10O6Zn. The fraction of sp³-hybridized carbons (Fsp3) is 0. The van der Waals surface area contributed by atoms with Crippen LogP contribution in [0.15, 0.2) is 38.0 Å². The molecule has 0 aromatic heterocycles. The predicted molar refractivity (Wildman–Crippen MR) is 48.2 cm³/mol. The predicted octanol–water partition coefficient (Wildman–Crippen LogP) is -1.90. The Balaban J connectivity index is -0.0000000655. The molecule has 0 heterocycles. The van der Waals surface area contributed by atoms with Crippen molar-refractivity contribution in [2.75, 3.05) is 0 Å². The Kier molecular flexibility index (Phi) is 28.2. The second-order valence-electron chi connectivity index (χ2n) is 1.59. The number of carbonyl (C=O) groups excluding carboxylic acids is 2. The smallest absolute Gasteiger partial charge is 0.545 e. The molecule has 0 spiro atoms. The van der Waals surface area contributed by atoms with E-state index in [0.717, 1.165) is 18.2 Å². The molecule has 0 fully saturated rings. The summed E-state index contributed by atoms with van der Waals surface area (Å²) in [6, 6.07) is 0. The van der Waals surface area contributed by atoms with Crippen molar-refractivity contribution in [1.82, 2.24) is 0 Å². The summed E-state index contributed by atoms with van der Waals surface area (Å²) < 4.78 is 0. The van der Waals surface area contributed by atoms with Crippen LogP contribution < -0.4 is 10.2 Å². The molecule has 0 bridgehead atoms. The van der Waals surface area contributed by atoms with Gasteiger partial charge in [0.05, 0.1) is 11.9 Å². The standard InChI is InChI=1S/3C3H4O2.Zn/c3*1-2-3(4)5;/h3*2H,1H2,(H,4,5);/q;;;+2/p-2. The topological polar surface area (TPSA) is 118 Å². The first-order chi connectivity index (χ1) is 6.81. The molecule has 7 heteroatoms. The monoisotopic (exact) mass is 278 g/mol. The van der Waals surface area contributed by atoms with Crippen molar-refractivity contribution in [3.8, 4) is 0 Å². The second kappa shape index (κ2) is 18.9. The number of aliphatic carboxylic acids is 3. The molecule has 0 atom stereocenters. The molecule has 16 heavy (non-hydrogen) atoms. The average Bonchev–Trinajstić information content (AvgIpc) is 2.19. The van der Waals surface area contributed by atoms with E-state index in [0.29, 0.717) is 0 Å². The van der Waals surface area contributed by atoms with Crippen LogP contribution in [0.5, 0.6) is 0 Å². The van der Waals surface area contributed by atoms with Crippen molar-refractivity contribution in [2.24, 2.45) is 0 Å². The molecule has 0 amide bonds. The maximum absolute atomic E-state index is 9.25. The molecule has 84 valence electrons. The molecule has 0 aromatic carbocycles. The largest absolute Gasteiger partial charge is 2.00 e. The molecule has 0 saturated heterocycles. The van der Waals surface area contributed by atoms with Gasteiger partial charge in [0.15, 0.2) is 0 Å². The summed E-state index contributed by atoms with van der Waals surface area (Å²) in [4.78, 5) is 27.5. The summed E-state index contributed by atoms with van der Waals surface area (Å²) >= 11 is 0. The summed E-state index contributed by atoms with van der Waals surface area (Å²) in [6.45, 7) is 8.76. The van der Waals surface area contributed by atoms with Gasteiger partial charge in [-0.1, -0.05) is 19.7 Å². The van der Waals surface area contributed by atoms with Crippen molar-refractivity contribution in [1.29, 1.82) is 0 Å². The normalized spacial score (nSPS) is 6.00. The van der Waals surface area contributed by atoms with E-state index >= 15 is 0 Å². The Hall–Kier alpha value is -1.75. The van der Waals surface area contributed by atoms with Crippen molar-refractivity contribution in [3.05, 3.63) is 38.0 Å². The Bertz CT molecular complexity index is 216. The Labute approximate surface area is 105 Å². The molecule has 0 aliphatic heterocycles. The number of rotatable bonds is 3. The zero-order valence-corrected chi connectivity index (χ0v) is 11.5. The van der Waals surface area contributed by atoms with Gasteiger partial charge >= 0.3 is 25.4 Å². The van der Waals surface area contributed by atoms with Crippen LogP contribution in [0, 0.1) is 0 Å². The van der Waals surface area contributed by atoms with Gasteiger partial charge in [-0.2, -0.15) is 0 Å². The average molecular weight is 280 g/mol. The van der Waals surface area contributed by atoms with E-state index < -0.39 is 17.9 Å². The van der Waals surface area contributed by atoms with Crippen LogP contribution in [-0.2, 0) is 33.9 Å². The van der Waals surface area contributed by atoms with Crippen LogP contribution in [0.3, 0.4) is 0 Å². The summed E-state index contributed by atoms with van der Waals surface area (Å²) in [5.41, 5.74) is 0. The third kappa shape index (κ3) is 85.8. The number of carboxylic acids is 3. The van der Waals surface area contributed by atoms with Crippen LogP contribution >= 0.6 is 0 Å². The van der Waals surface area contributed by atoms with Gasteiger partial charge in [0, 0.05) is 6.08 Å². The van der Waals surface area contributed by atoms with Crippen molar-refractivity contribution >= 4 is 17.9 Å². The third-order valence-electron chi connectivity index (χ3n) is 0.508. The first-order valence-electron chi connectivity index (χ1n) is 3.33.